The second-order valence-corrected chi connectivity index (χ2v) is 8.70. The molecular formula is C18H32N2O3. The van der Waals surface area contributed by atoms with Gasteiger partial charge in [0, 0.05) is 11.6 Å². The minimum Gasteiger partial charge on any atom is -0.481 e. The highest BCUT2D eigenvalue weighted by Crippen LogP contribution is 2.47. The van der Waals surface area contributed by atoms with Gasteiger partial charge in [0.2, 0.25) is 0 Å². The second kappa shape index (κ2) is 6.89. The topological polar surface area (TPSA) is 92.4 Å². The van der Waals surface area contributed by atoms with Gasteiger partial charge in [0.1, 0.15) is 6.29 Å². The first-order chi connectivity index (χ1) is 10.7. The summed E-state index contributed by atoms with van der Waals surface area (Å²) >= 11 is 0. The molecule has 2 saturated carbocycles. The van der Waals surface area contributed by atoms with Crippen LogP contribution in [0.5, 0.6) is 0 Å². The van der Waals surface area contributed by atoms with Crippen LogP contribution in [0.15, 0.2) is 0 Å². The molecule has 4 N–H and O–H groups in total. The summed E-state index contributed by atoms with van der Waals surface area (Å²) in [5, 5.41) is 11.9. The zero-order valence-electron chi connectivity index (χ0n) is 14.7. The van der Waals surface area contributed by atoms with Crippen LogP contribution in [0.4, 0.5) is 0 Å². The number of carbonyl (C=O) groups excluding carboxylic acids is 1. The average Bonchev–Trinajstić information content (AvgIpc) is 2.87. The number of nitrogens with one attached hydrogen (secondary N) is 1. The SMILES string of the molecule is CC(C)(C)C1CCCC1CCC1(N)CC1N[C@H](C=O)CC(=O)O. The van der Waals surface area contributed by atoms with E-state index in [1.54, 1.807) is 0 Å². The molecular weight excluding hydrogens is 292 g/mol. The molecule has 0 radical (unpaired) electrons. The minimum absolute atomic E-state index is 0.0755. The van der Waals surface area contributed by atoms with E-state index < -0.39 is 12.0 Å². The van der Waals surface area contributed by atoms with Crippen LogP contribution in [-0.2, 0) is 9.59 Å². The van der Waals surface area contributed by atoms with Gasteiger partial charge in [-0.1, -0.05) is 33.6 Å². The van der Waals surface area contributed by atoms with Gasteiger partial charge in [-0.3, -0.25) is 4.79 Å². The molecule has 0 aromatic heterocycles. The van der Waals surface area contributed by atoms with E-state index >= 15 is 0 Å². The predicted molar refractivity (Wildman–Crippen MR) is 90.1 cm³/mol. The van der Waals surface area contributed by atoms with Crippen molar-refractivity contribution < 1.29 is 14.7 Å². The Labute approximate surface area is 139 Å². The molecule has 0 amide bonds. The molecule has 4 unspecified atom stereocenters. The second-order valence-electron chi connectivity index (χ2n) is 8.70. The molecule has 2 aliphatic rings. The van der Waals surface area contributed by atoms with Crippen molar-refractivity contribution in [3.05, 3.63) is 0 Å². The van der Waals surface area contributed by atoms with Crippen LogP contribution in [0.25, 0.3) is 0 Å². The average molecular weight is 324 g/mol. The van der Waals surface area contributed by atoms with Gasteiger partial charge < -0.3 is 21.0 Å². The van der Waals surface area contributed by atoms with Crippen LogP contribution in [0.1, 0.15) is 65.7 Å². The predicted octanol–water partition coefficient (Wildman–Crippen LogP) is 2.33. The summed E-state index contributed by atoms with van der Waals surface area (Å²) in [7, 11) is 0. The largest absolute Gasteiger partial charge is 0.481 e. The van der Waals surface area contributed by atoms with Crippen molar-refractivity contribution in [2.75, 3.05) is 0 Å². The van der Waals surface area contributed by atoms with Gasteiger partial charge in [0.15, 0.2) is 0 Å². The van der Waals surface area contributed by atoms with E-state index in [2.05, 4.69) is 26.1 Å². The van der Waals surface area contributed by atoms with Gasteiger partial charge in [-0.05, 0) is 42.9 Å². The summed E-state index contributed by atoms with van der Waals surface area (Å²) in [6, 6.07) is -0.553. The van der Waals surface area contributed by atoms with Crippen LogP contribution in [0.2, 0.25) is 0 Å². The maximum Gasteiger partial charge on any atom is 0.305 e. The van der Waals surface area contributed by atoms with Crippen molar-refractivity contribution in [2.24, 2.45) is 23.0 Å². The minimum atomic E-state index is -0.961. The molecule has 2 rings (SSSR count). The lowest BCUT2D eigenvalue weighted by Crippen LogP contribution is -2.41. The fourth-order valence-electron chi connectivity index (χ4n) is 4.39. The molecule has 0 saturated heterocycles. The lowest BCUT2D eigenvalue weighted by Gasteiger charge is -2.33. The third-order valence-corrected chi connectivity index (χ3v) is 5.84. The lowest BCUT2D eigenvalue weighted by atomic mass is 9.73. The fraction of sp³-hybridized carbons (Fsp3) is 0.889. The van der Waals surface area contributed by atoms with Crippen LogP contribution in [-0.4, -0.2) is 35.0 Å². The highest BCUT2D eigenvalue weighted by atomic mass is 16.4. The van der Waals surface area contributed by atoms with Crippen LogP contribution < -0.4 is 11.1 Å². The molecule has 0 bridgehead atoms. The number of nitrogens with two attached hydrogens (primary N) is 1. The first kappa shape index (κ1) is 18.4. The van der Waals surface area contributed by atoms with Gasteiger partial charge in [-0.25, -0.2) is 0 Å². The summed E-state index contributed by atoms with van der Waals surface area (Å²) in [6.07, 6.45) is 7.37. The Morgan fingerprint density at radius 2 is 2.13 bits per heavy atom. The molecule has 0 spiro atoms. The summed E-state index contributed by atoms with van der Waals surface area (Å²) in [5.74, 6) is 0.556. The number of rotatable bonds is 8. The van der Waals surface area contributed by atoms with Crippen molar-refractivity contribution in [2.45, 2.75) is 83.3 Å². The van der Waals surface area contributed by atoms with Crippen LogP contribution in [0.3, 0.4) is 0 Å². The first-order valence-corrected chi connectivity index (χ1v) is 8.88. The van der Waals surface area contributed by atoms with Gasteiger partial charge in [-0.2, -0.15) is 0 Å². The molecule has 0 aromatic carbocycles. The van der Waals surface area contributed by atoms with Crippen molar-refractivity contribution in [1.82, 2.24) is 5.32 Å². The molecule has 5 nitrogen and oxygen atoms in total. The number of carbonyl (C=O) groups is 2. The van der Waals surface area contributed by atoms with Crippen LogP contribution >= 0.6 is 0 Å². The Kier molecular flexibility index (Phi) is 5.52. The van der Waals surface area contributed by atoms with Gasteiger partial charge >= 0.3 is 5.97 Å². The lowest BCUT2D eigenvalue weighted by molar-refractivity contribution is -0.138. The van der Waals surface area contributed by atoms with E-state index in [1.165, 1.54) is 19.3 Å². The maximum absolute atomic E-state index is 11.0. The highest BCUT2D eigenvalue weighted by Gasteiger charge is 2.51. The van der Waals surface area contributed by atoms with E-state index in [0.29, 0.717) is 11.7 Å². The van der Waals surface area contributed by atoms with Crippen molar-refractivity contribution in [1.29, 1.82) is 0 Å². The summed E-state index contributed by atoms with van der Waals surface area (Å²) in [6.45, 7) is 6.99. The smallest absolute Gasteiger partial charge is 0.305 e. The molecule has 0 aromatic rings. The number of hydrogen-bond acceptors (Lipinski definition) is 4. The maximum atomic E-state index is 11.0. The quantitative estimate of drug-likeness (QED) is 0.596. The molecule has 0 aliphatic heterocycles. The normalized spacial score (nSPS) is 35.0. The Balaban J connectivity index is 1.80. The number of aliphatic carboxylic acids is 1. The van der Waals surface area contributed by atoms with Gasteiger partial charge in [-0.15, -0.1) is 0 Å². The number of aldehydes is 1. The molecule has 2 aliphatic carbocycles. The summed E-state index contributed by atoms with van der Waals surface area (Å²) in [4.78, 5) is 21.7. The standard InChI is InChI=1S/C18H32N2O3/c1-17(2,3)14-6-4-5-12(14)7-8-18(19)10-15(18)20-13(11-21)9-16(22)23/h11-15,20H,4-10,19H2,1-3H3,(H,22,23)/t12?,13-,14?,15?,18?/m0/s1. The van der Waals surface area contributed by atoms with E-state index in [4.69, 9.17) is 10.8 Å². The van der Waals surface area contributed by atoms with Crippen LogP contribution in [0, 0.1) is 17.3 Å². The summed E-state index contributed by atoms with van der Waals surface area (Å²) < 4.78 is 0. The van der Waals surface area contributed by atoms with Gasteiger partial charge in [0.25, 0.3) is 0 Å². The van der Waals surface area contributed by atoms with Gasteiger partial charge in [0.05, 0.1) is 12.5 Å². The molecule has 5 atom stereocenters. The fourth-order valence-corrected chi connectivity index (χ4v) is 4.39. The molecule has 0 heterocycles. The number of carboxylic acid groups (broad SMARTS) is 1. The number of carboxylic acids is 1. The number of hydrogen-bond donors (Lipinski definition) is 3. The van der Waals surface area contributed by atoms with Crippen molar-refractivity contribution >= 4 is 12.3 Å². The first-order valence-electron chi connectivity index (χ1n) is 8.88. The summed E-state index contributed by atoms with van der Waals surface area (Å²) in [5.41, 5.74) is 6.53. The van der Waals surface area contributed by atoms with E-state index in [9.17, 15) is 9.59 Å². The highest BCUT2D eigenvalue weighted by molar-refractivity contribution is 5.73. The Hall–Kier alpha value is -0.940. The van der Waals surface area contributed by atoms with E-state index in [-0.39, 0.29) is 18.0 Å². The molecule has 132 valence electrons. The monoisotopic (exact) mass is 324 g/mol. The third kappa shape index (κ3) is 4.77. The Bertz CT molecular complexity index is 446. The molecule has 23 heavy (non-hydrogen) atoms. The third-order valence-electron chi connectivity index (χ3n) is 5.84. The van der Waals surface area contributed by atoms with Crippen molar-refractivity contribution in [3.63, 3.8) is 0 Å². The van der Waals surface area contributed by atoms with E-state index in [0.717, 1.165) is 31.1 Å². The zero-order chi connectivity index (χ0) is 17.3. The molecule has 2 fully saturated rings. The molecule has 5 heteroatoms. The Morgan fingerprint density at radius 1 is 1.43 bits per heavy atom. The van der Waals surface area contributed by atoms with Crippen molar-refractivity contribution in [3.8, 4) is 0 Å². The van der Waals surface area contributed by atoms with E-state index in [1.807, 2.05) is 0 Å². The Morgan fingerprint density at radius 3 is 2.70 bits per heavy atom. The zero-order valence-corrected chi connectivity index (χ0v) is 14.7.